The first-order valence-corrected chi connectivity index (χ1v) is 32.1. The van der Waals surface area contributed by atoms with Gasteiger partial charge in [-0.3, -0.25) is 14.4 Å². The first-order chi connectivity index (χ1) is 43.2. The van der Waals surface area contributed by atoms with E-state index in [0.29, 0.717) is 51.4 Å². The number of ketones is 1. The predicted octanol–water partition coefficient (Wildman–Crippen LogP) is -4.60. The van der Waals surface area contributed by atoms with E-state index in [0.717, 1.165) is 30.6 Å². The highest BCUT2D eigenvalue weighted by molar-refractivity contribution is 5.90. The maximum atomic E-state index is 13.4. The number of fused-ring (bicyclic) bond motifs is 4. The highest BCUT2D eigenvalue weighted by atomic mass is 16.8. The highest BCUT2D eigenvalue weighted by Crippen LogP contribution is 2.70. The molecule has 92 heavy (non-hydrogen) atoms. The third-order valence-corrected chi connectivity index (χ3v) is 21.8. The predicted molar refractivity (Wildman–Crippen MR) is 312 cm³/mol. The van der Waals surface area contributed by atoms with Crippen LogP contribution in [-0.2, 0) is 61.8 Å². The smallest absolute Gasteiger partial charge is 0.217 e. The van der Waals surface area contributed by atoms with Crippen molar-refractivity contribution in [1.29, 1.82) is 0 Å². The molecule has 17 N–H and O–H groups in total. The van der Waals surface area contributed by atoms with Crippen LogP contribution >= 0.6 is 0 Å². The molecule has 5 heterocycles. The van der Waals surface area contributed by atoms with Gasteiger partial charge >= 0.3 is 0 Å². The second kappa shape index (κ2) is 28.9. The Morgan fingerprint density at radius 2 is 1.12 bits per heavy atom. The van der Waals surface area contributed by atoms with Crippen molar-refractivity contribution in [2.75, 3.05) is 33.0 Å². The minimum atomic E-state index is -2.01. The van der Waals surface area contributed by atoms with Crippen molar-refractivity contribution in [1.82, 2.24) is 10.6 Å². The van der Waals surface area contributed by atoms with E-state index in [1.54, 1.807) is 6.08 Å². The average Bonchev–Trinajstić information content (AvgIpc) is 1.15. The molecule has 9 aliphatic rings. The van der Waals surface area contributed by atoms with Gasteiger partial charge in [-0.05, 0) is 105 Å². The van der Waals surface area contributed by atoms with E-state index >= 15 is 0 Å². The summed E-state index contributed by atoms with van der Waals surface area (Å²) in [4.78, 5) is 38.5. The van der Waals surface area contributed by atoms with Gasteiger partial charge in [0.2, 0.25) is 11.8 Å². The van der Waals surface area contributed by atoms with E-state index in [2.05, 4.69) is 31.4 Å². The van der Waals surface area contributed by atoms with Crippen LogP contribution in [0.4, 0.5) is 0 Å². The lowest BCUT2D eigenvalue weighted by molar-refractivity contribution is -0.380. The van der Waals surface area contributed by atoms with Crippen LogP contribution < -0.4 is 10.6 Å². The lowest BCUT2D eigenvalue weighted by atomic mass is 9.42. The highest BCUT2D eigenvalue weighted by Gasteiger charge is 2.68. The Bertz CT molecular complexity index is 2630. The number of hydrogen-bond acceptors (Lipinski definition) is 28. The van der Waals surface area contributed by atoms with Crippen LogP contribution in [0.3, 0.4) is 0 Å². The maximum Gasteiger partial charge on any atom is 0.217 e. The minimum absolute atomic E-state index is 0.00626. The number of carbonyl (C=O) groups is 3. The van der Waals surface area contributed by atoms with Gasteiger partial charge in [0.15, 0.2) is 37.2 Å². The van der Waals surface area contributed by atoms with Gasteiger partial charge < -0.3 is 135 Å². The Hall–Kier alpha value is -2.91. The molecule has 9 rings (SSSR count). The number of carbonyl (C=O) groups excluding carboxylic acids is 3. The lowest BCUT2D eigenvalue weighted by Gasteiger charge is -2.65. The van der Waals surface area contributed by atoms with Crippen molar-refractivity contribution in [2.24, 2.45) is 34.0 Å². The van der Waals surface area contributed by atoms with Crippen molar-refractivity contribution in [3.8, 4) is 0 Å². The molecule has 32 atom stereocenters. The fourth-order valence-electron chi connectivity index (χ4n) is 16.9. The fourth-order valence-corrected chi connectivity index (χ4v) is 16.9. The third kappa shape index (κ3) is 13.8. The molecule has 16 unspecified atom stereocenters. The summed E-state index contributed by atoms with van der Waals surface area (Å²) in [5.74, 6) is -1.67. The number of aliphatic hydroxyl groups is 15. The molecular formula is C62H100N2O28. The first kappa shape index (κ1) is 73.3. The summed E-state index contributed by atoms with van der Waals surface area (Å²) < 4.78 is 61.6. The average molecular weight is 1320 g/mol. The molecule has 8 fully saturated rings. The van der Waals surface area contributed by atoms with Crippen LogP contribution in [0.25, 0.3) is 0 Å². The molecule has 0 spiro atoms. The Labute approximate surface area is 533 Å². The van der Waals surface area contributed by atoms with Gasteiger partial charge in [0, 0.05) is 25.7 Å². The second-order valence-corrected chi connectivity index (χ2v) is 28.4. The summed E-state index contributed by atoms with van der Waals surface area (Å²) in [7, 11) is 0. The Kier molecular flexibility index (Phi) is 23.0. The molecular weight excluding hydrogens is 1220 g/mol. The van der Waals surface area contributed by atoms with Crippen LogP contribution in [-0.4, -0.2) is 292 Å². The molecule has 0 aromatic heterocycles. The van der Waals surface area contributed by atoms with Gasteiger partial charge in [0.1, 0.15) is 116 Å². The van der Waals surface area contributed by atoms with Crippen molar-refractivity contribution < 1.29 is 138 Å². The van der Waals surface area contributed by atoms with E-state index in [1.807, 2.05) is 27.7 Å². The van der Waals surface area contributed by atoms with Gasteiger partial charge in [0.25, 0.3) is 0 Å². The zero-order valence-electron chi connectivity index (χ0n) is 53.5. The fraction of sp³-hybridized carbons (Fsp3) is 0.887. The molecule has 0 aromatic carbocycles. The zero-order valence-corrected chi connectivity index (χ0v) is 53.5. The molecule has 0 aromatic rings. The molecule has 526 valence electrons. The number of nitrogens with one attached hydrogen (secondary N) is 2. The SMILES string of the molecule is CC(=O)NC1C(O)[C@H](O)C(CO[C@@H]2OC(CO)[C@@H](O)C(O)C2O[C@@H]2OC(CO)[C@@H](O)C(O)C2O)O[C@H]1OC1C(O)[C@H](O[C@@H]2OC(CO)[C@H](O)C(O)C2NC(C)=O)CO[C@H]1O[C@H]1CC[C@@]2(C)C(CCC3=C4[C@@H](O)C[C@H](C(C)CC(=O)C=C(C)C)[C@@]4(C)CC[C@@]32O)C1(C)C. The van der Waals surface area contributed by atoms with Gasteiger partial charge in [-0.15, -0.1) is 0 Å². The molecule has 30 nitrogen and oxygen atoms in total. The van der Waals surface area contributed by atoms with Gasteiger partial charge in [0.05, 0.1) is 50.8 Å². The van der Waals surface area contributed by atoms with Crippen LogP contribution in [0.1, 0.15) is 114 Å². The van der Waals surface area contributed by atoms with Crippen molar-refractivity contribution in [3.05, 3.63) is 22.8 Å². The molecule has 4 aliphatic carbocycles. The number of rotatable bonds is 20. The van der Waals surface area contributed by atoms with Gasteiger partial charge in [-0.1, -0.05) is 40.2 Å². The lowest BCUT2D eigenvalue weighted by Crippen LogP contribution is -2.69. The van der Waals surface area contributed by atoms with E-state index in [9.17, 15) is 91.0 Å². The molecule has 5 aliphatic heterocycles. The van der Waals surface area contributed by atoms with Crippen LogP contribution in [0.5, 0.6) is 0 Å². The van der Waals surface area contributed by atoms with Crippen LogP contribution in [0.15, 0.2) is 22.8 Å². The summed E-state index contributed by atoms with van der Waals surface area (Å²) in [6.07, 6.45) is -35.5. The second-order valence-electron chi connectivity index (χ2n) is 28.4. The summed E-state index contributed by atoms with van der Waals surface area (Å²) >= 11 is 0. The number of amides is 2. The number of aliphatic hydroxyl groups excluding tert-OH is 14. The van der Waals surface area contributed by atoms with Crippen LogP contribution in [0.2, 0.25) is 0 Å². The molecule has 30 heteroatoms. The minimum Gasteiger partial charge on any atom is -0.394 e. The first-order valence-electron chi connectivity index (χ1n) is 32.1. The number of ether oxygens (including phenoxy) is 10. The summed E-state index contributed by atoms with van der Waals surface area (Å²) in [5, 5.41) is 173. The van der Waals surface area contributed by atoms with Gasteiger partial charge in [-0.2, -0.15) is 0 Å². The molecule has 0 bridgehead atoms. The van der Waals surface area contributed by atoms with E-state index < -0.39 is 226 Å². The Morgan fingerprint density at radius 3 is 1.71 bits per heavy atom. The monoisotopic (exact) mass is 1320 g/mol. The van der Waals surface area contributed by atoms with Crippen molar-refractivity contribution >= 4 is 17.6 Å². The standard InChI is InChI=1S/C62H100N2O28/c1-24(2)16-28(70)17-25(3)30-18-31(71)39-29-10-11-37-59(6,7)38(12-13-61(37,9)62(29,82)15-14-60(30,39)8)90-58-52(46(76)36(23-84-58)89-54-40(63-26(4)68)47(77)42(72)32(19-65)85-54)91-55-41(64-27(5)69)48(78)45(75)35(88-55)22-83-57-53(50(80)44(74)34(21-67)87-57)92-56-51(81)49(79)43(73)33(20-66)86-56/h16,25,30-38,40-58,65-67,71-82H,10-15,17-23H2,1-9H3,(H,63,68)(H,64,69)/t25?,30-,31+,32?,33?,34?,35?,36-,37?,38+,40?,41?,42+,43-,44-,45-,46?,47?,48?,49?,50?,51?,52?,53?,54+,55+,56+,57-,58+,60-,61+,62-/m1/s1. The van der Waals surface area contributed by atoms with E-state index in [-0.39, 0.29) is 23.5 Å². The molecule has 2 amide bonds. The quantitative estimate of drug-likeness (QED) is 0.0310. The van der Waals surface area contributed by atoms with E-state index in [4.69, 9.17) is 47.4 Å². The molecule has 5 saturated heterocycles. The maximum absolute atomic E-state index is 13.4. The third-order valence-electron chi connectivity index (χ3n) is 21.8. The normalized spacial score (nSPS) is 48.1. The topological polar surface area (TPSA) is 471 Å². The molecule has 3 saturated carbocycles. The van der Waals surface area contributed by atoms with E-state index in [1.165, 1.54) is 0 Å². The summed E-state index contributed by atoms with van der Waals surface area (Å²) in [5.41, 5.74) is -0.732. The largest absolute Gasteiger partial charge is 0.394 e. The number of allylic oxidation sites excluding steroid dienone is 2. The Morgan fingerprint density at radius 1 is 0.598 bits per heavy atom. The Balaban J connectivity index is 1.000. The molecule has 0 radical (unpaired) electrons. The summed E-state index contributed by atoms with van der Waals surface area (Å²) in [6.45, 7) is 12.4. The van der Waals surface area contributed by atoms with Crippen molar-refractivity contribution in [2.45, 2.75) is 279 Å². The van der Waals surface area contributed by atoms with Crippen molar-refractivity contribution in [3.63, 3.8) is 0 Å². The van der Waals surface area contributed by atoms with Crippen LogP contribution in [0, 0.1) is 34.0 Å². The number of hydrogen-bond donors (Lipinski definition) is 17. The zero-order chi connectivity index (χ0) is 67.6. The summed E-state index contributed by atoms with van der Waals surface area (Å²) in [6, 6.07) is -3.15. The van der Waals surface area contributed by atoms with Gasteiger partial charge in [-0.25, -0.2) is 0 Å².